The summed E-state index contributed by atoms with van der Waals surface area (Å²) in [7, 11) is 0. The maximum absolute atomic E-state index is 14.1. The van der Waals surface area contributed by atoms with Crippen molar-refractivity contribution in [1.29, 1.82) is 0 Å². The van der Waals surface area contributed by atoms with Crippen LogP contribution in [0.1, 0.15) is 265 Å². The van der Waals surface area contributed by atoms with Crippen LogP contribution < -0.4 is 0 Å². The molecule has 0 aromatic heterocycles. The van der Waals surface area contributed by atoms with Crippen molar-refractivity contribution in [3.63, 3.8) is 0 Å². The molecule has 1 amide bonds. The van der Waals surface area contributed by atoms with E-state index in [9.17, 15) is 9.59 Å². The average molecular weight is 860 g/mol. The summed E-state index contributed by atoms with van der Waals surface area (Å²) in [6.45, 7) is 20.8. The number of carbonyl (C=O) groups excluding carboxylic acids is 2. The van der Waals surface area contributed by atoms with Gasteiger partial charge in [-0.2, -0.15) is 0 Å². The Morgan fingerprint density at radius 2 is 0.754 bits per heavy atom. The standard InChI is InChI=1S/C55H110N4O2/c1-5-9-13-17-21-22-23-24-25-28-32-37-44-57(45-39-33-34-40-50-60)51-54-41-47-59(52-54)55(61)53-58(46-38-31-27-19-15-11-7-3)49-48-56(42-35-29-20-16-12-8-4)43-36-30-26-18-14-10-6-2/h50,54H,5-49,51-53H2,1-4H3. The Hall–Kier alpha value is -0.980. The average Bonchev–Trinajstić information content (AvgIpc) is 3.74. The van der Waals surface area contributed by atoms with Gasteiger partial charge in [0.15, 0.2) is 0 Å². The number of carbonyl (C=O) groups is 2. The Morgan fingerprint density at radius 3 is 1.15 bits per heavy atom. The van der Waals surface area contributed by atoms with Gasteiger partial charge in [-0.25, -0.2) is 0 Å². The minimum absolute atomic E-state index is 0.376. The van der Waals surface area contributed by atoms with Crippen LogP contribution >= 0.6 is 0 Å². The van der Waals surface area contributed by atoms with Crippen molar-refractivity contribution in [1.82, 2.24) is 19.6 Å². The van der Waals surface area contributed by atoms with Crippen LogP contribution in [-0.2, 0) is 9.59 Å². The second-order valence-corrected chi connectivity index (χ2v) is 19.8. The highest BCUT2D eigenvalue weighted by Crippen LogP contribution is 2.20. The van der Waals surface area contributed by atoms with E-state index in [1.165, 1.54) is 232 Å². The zero-order chi connectivity index (χ0) is 44.1. The van der Waals surface area contributed by atoms with Crippen molar-refractivity contribution >= 4 is 12.2 Å². The highest BCUT2D eigenvalue weighted by molar-refractivity contribution is 5.78. The third kappa shape index (κ3) is 37.0. The lowest BCUT2D eigenvalue weighted by Crippen LogP contribution is -2.43. The number of rotatable bonds is 49. The van der Waals surface area contributed by atoms with Gasteiger partial charge in [0.2, 0.25) is 5.91 Å². The van der Waals surface area contributed by atoms with Crippen LogP contribution in [0.15, 0.2) is 0 Å². The van der Waals surface area contributed by atoms with E-state index in [2.05, 4.69) is 47.3 Å². The molecule has 1 aliphatic heterocycles. The van der Waals surface area contributed by atoms with E-state index in [4.69, 9.17) is 0 Å². The van der Waals surface area contributed by atoms with Gasteiger partial charge in [-0.3, -0.25) is 9.69 Å². The van der Waals surface area contributed by atoms with Crippen LogP contribution in [0, 0.1) is 5.92 Å². The van der Waals surface area contributed by atoms with Gasteiger partial charge < -0.3 is 19.5 Å². The smallest absolute Gasteiger partial charge is 0.236 e. The van der Waals surface area contributed by atoms with Gasteiger partial charge in [0, 0.05) is 39.1 Å². The molecule has 1 aliphatic rings. The van der Waals surface area contributed by atoms with Crippen LogP contribution in [0.3, 0.4) is 0 Å². The Morgan fingerprint density at radius 1 is 0.426 bits per heavy atom. The fourth-order valence-corrected chi connectivity index (χ4v) is 9.66. The summed E-state index contributed by atoms with van der Waals surface area (Å²) in [5.74, 6) is 0.962. The van der Waals surface area contributed by atoms with E-state index >= 15 is 0 Å². The number of hydrogen-bond acceptors (Lipinski definition) is 5. The topological polar surface area (TPSA) is 47.1 Å². The lowest BCUT2D eigenvalue weighted by atomic mass is 10.0. The maximum atomic E-state index is 14.1. The fraction of sp³-hybridized carbons (Fsp3) is 0.964. The zero-order valence-corrected chi connectivity index (χ0v) is 42.2. The number of amides is 1. The van der Waals surface area contributed by atoms with Gasteiger partial charge in [0.1, 0.15) is 6.29 Å². The molecule has 0 bridgehead atoms. The van der Waals surface area contributed by atoms with E-state index in [1.807, 2.05) is 0 Å². The molecule has 1 unspecified atom stereocenters. The summed E-state index contributed by atoms with van der Waals surface area (Å²) < 4.78 is 0. The summed E-state index contributed by atoms with van der Waals surface area (Å²) >= 11 is 0. The van der Waals surface area contributed by atoms with Crippen LogP contribution in [-0.4, -0.2) is 104 Å². The summed E-state index contributed by atoms with van der Waals surface area (Å²) in [4.78, 5) is 35.3. The van der Waals surface area contributed by atoms with Crippen molar-refractivity contribution in [2.75, 3.05) is 72.0 Å². The Bertz CT molecular complexity index is 916. The number of aldehydes is 1. The molecule has 0 aromatic rings. The van der Waals surface area contributed by atoms with Crippen LogP contribution in [0.25, 0.3) is 0 Å². The fourth-order valence-electron chi connectivity index (χ4n) is 9.66. The number of unbranched alkanes of at least 4 members (excludes halogenated alkanes) is 31. The van der Waals surface area contributed by atoms with E-state index in [0.29, 0.717) is 24.8 Å². The zero-order valence-electron chi connectivity index (χ0n) is 42.2. The molecule has 0 aromatic carbocycles. The molecule has 0 spiro atoms. The second kappa shape index (κ2) is 45.6. The summed E-state index contributed by atoms with van der Waals surface area (Å²) in [5, 5.41) is 0. The van der Waals surface area contributed by atoms with Crippen LogP contribution in [0.2, 0.25) is 0 Å². The SMILES string of the molecule is CCCCCCCCCCCCCCN(CCCCCC=O)CC1CCN(C(=O)CN(CCCCCCCCC)CCN(CCCCCCCC)CCCCCCCCC)C1. The molecule has 1 atom stereocenters. The van der Waals surface area contributed by atoms with E-state index in [-0.39, 0.29) is 0 Å². The molecule has 1 rings (SSSR count). The molecular weight excluding hydrogens is 749 g/mol. The van der Waals surface area contributed by atoms with Crippen molar-refractivity contribution < 1.29 is 9.59 Å². The van der Waals surface area contributed by atoms with E-state index < -0.39 is 0 Å². The molecule has 61 heavy (non-hydrogen) atoms. The molecule has 6 nitrogen and oxygen atoms in total. The van der Waals surface area contributed by atoms with Crippen molar-refractivity contribution in [3.8, 4) is 0 Å². The molecule has 0 N–H and O–H groups in total. The largest absolute Gasteiger partial charge is 0.341 e. The van der Waals surface area contributed by atoms with Gasteiger partial charge in [-0.05, 0) is 83.6 Å². The molecule has 0 aliphatic carbocycles. The molecule has 6 heteroatoms. The number of likely N-dealkylation sites (tertiary alicyclic amines) is 1. The quantitative estimate of drug-likeness (QED) is 0.0451. The first-order valence-electron chi connectivity index (χ1n) is 28.0. The Balaban J connectivity index is 2.72. The molecule has 1 heterocycles. The first-order valence-corrected chi connectivity index (χ1v) is 28.0. The maximum Gasteiger partial charge on any atom is 0.236 e. The van der Waals surface area contributed by atoms with Crippen LogP contribution in [0.5, 0.6) is 0 Å². The summed E-state index contributed by atoms with van der Waals surface area (Å²) in [6, 6.07) is 0. The minimum atomic E-state index is 0.376. The van der Waals surface area contributed by atoms with Gasteiger partial charge in [0.25, 0.3) is 0 Å². The predicted molar refractivity (Wildman–Crippen MR) is 269 cm³/mol. The monoisotopic (exact) mass is 859 g/mol. The minimum Gasteiger partial charge on any atom is -0.341 e. The van der Waals surface area contributed by atoms with Crippen molar-refractivity contribution in [3.05, 3.63) is 0 Å². The predicted octanol–water partition coefficient (Wildman–Crippen LogP) is 15.1. The second-order valence-electron chi connectivity index (χ2n) is 19.8. The Labute approximate surface area is 383 Å². The molecular formula is C55H110N4O2. The third-order valence-electron chi connectivity index (χ3n) is 13.9. The number of hydrogen-bond donors (Lipinski definition) is 0. The van der Waals surface area contributed by atoms with Gasteiger partial charge in [-0.15, -0.1) is 0 Å². The molecule has 0 saturated carbocycles. The first kappa shape index (κ1) is 58.0. The molecule has 362 valence electrons. The van der Waals surface area contributed by atoms with Crippen LogP contribution in [0.4, 0.5) is 0 Å². The van der Waals surface area contributed by atoms with Gasteiger partial charge in [0.05, 0.1) is 6.54 Å². The normalized spacial score (nSPS) is 14.4. The van der Waals surface area contributed by atoms with E-state index in [1.54, 1.807) is 0 Å². The molecule has 1 saturated heterocycles. The molecule has 0 radical (unpaired) electrons. The Kier molecular flexibility index (Phi) is 43.4. The lowest BCUT2D eigenvalue weighted by Gasteiger charge is -2.29. The lowest BCUT2D eigenvalue weighted by molar-refractivity contribution is -0.131. The molecule has 1 fully saturated rings. The first-order chi connectivity index (χ1) is 30.1. The van der Waals surface area contributed by atoms with Crippen molar-refractivity contribution in [2.24, 2.45) is 5.92 Å². The summed E-state index contributed by atoms with van der Waals surface area (Å²) in [6.07, 6.45) is 50.0. The van der Waals surface area contributed by atoms with Crippen molar-refractivity contribution in [2.45, 2.75) is 265 Å². The highest BCUT2D eigenvalue weighted by Gasteiger charge is 2.28. The third-order valence-corrected chi connectivity index (χ3v) is 13.9. The summed E-state index contributed by atoms with van der Waals surface area (Å²) in [5.41, 5.74) is 0. The van der Waals surface area contributed by atoms with Gasteiger partial charge in [-0.1, -0.05) is 214 Å². The van der Waals surface area contributed by atoms with E-state index in [0.717, 1.165) is 71.4 Å². The number of nitrogens with zero attached hydrogens (tertiary/aromatic N) is 4. The van der Waals surface area contributed by atoms with Gasteiger partial charge >= 0.3 is 0 Å². The highest BCUT2D eigenvalue weighted by atomic mass is 16.2.